The van der Waals surface area contributed by atoms with Crippen molar-refractivity contribution < 1.29 is 8.42 Å². The van der Waals surface area contributed by atoms with Crippen molar-refractivity contribution in [3.8, 4) is 0 Å². The van der Waals surface area contributed by atoms with Crippen LogP contribution >= 0.6 is 11.6 Å². The quantitative estimate of drug-likeness (QED) is 0.752. The van der Waals surface area contributed by atoms with Crippen LogP contribution in [-0.2, 0) is 10.0 Å². The molecule has 24 heavy (non-hydrogen) atoms. The summed E-state index contributed by atoms with van der Waals surface area (Å²) in [7, 11) is 0.158. The van der Waals surface area contributed by atoms with Crippen LogP contribution in [0.2, 0.25) is 5.02 Å². The fourth-order valence-corrected chi connectivity index (χ4v) is 4.02. The number of nitrogens with zero attached hydrogens (tertiary/aromatic N) is 1. The smallest absolute Gasteiger partial charge is 0.262 e. The van der Waals surface area contributed by atoms with Gasteiger partial charge in [-0.1, -0.05) is 35.9 Å². The van der Waals surface area contributed by atoms with Crippen LogP contribution in [-0.4, -0.2) is 22.5 Å². The SMILES string of the molecule is CN(C)c1cccc2c(S(=O)(=O)Nc3ccc(Cl)cc3)cccc12. The Morgan fingerprint density at radius 2 is 1.50 bits per heavy atom. The average molecular weight is 361 g/mol. The molecule has 0 bridgehead atoms. The number of rotatable bonds is 4. The van der Waals surface area contributed by atoms with E-state index in [0.29, 0.717) is 16.1 Å². The zero-order valence-corrected chi connectivity index (χ0v) is 14.9. The summed E-state index contributed by atoms with van der Waals surface area (Å²) in [5.41, 5.74) is 1.44. The number of sulfonamides is 1. The van der Waals surface area contributed by atoms with Gasteiger partial charge in [-0.2, -0.15) is 0 Å². The van der Waals surface area contributed by atoms with Crippen molar-refractivity contribution in [2.75, 3.05) is 23.7 Å². The van der Waals surface area contributed by atoms with Crippen molar-refractivity contribution in [1.29, 1.82) is 0 Å². The minimum atomic E-state index is -3.71. The second-order valence-electron chi connectivity index (χ2n) is 5.64. The van der Waals surface area contributed by atoms with Gasteiger partial charge in [-0.05, 0) is 36.4 Å². The van der Waals surface area contributed by atoms with Gasteiger partial charge in [0.1, 0.15) is 0 Å². The van der Waals surface area contributed by atoms with E-state index >= 15 is 0 Å². The Hall–Kier alpha value is -2.24. The molecule has 0 fully saturated rings. The predicted molar refractivity (Wildman–Crippen MR) is 101 cm³/mol. The van der Waals surface area contributed by atoms with Gasteiger partial charge in [-0.25, -0.2) is 8.42 Å². The molecule has 3 aromatic rings. The Balaban J connectivity index is 2.11. The van der Waals surface area contributed by atoms with E-state index in [-0.39, 0.29) is 4.90 Å². The van der Waals surface area contributed by atoms with Gasteiger partial charge in [0, 0.05) is 41.3 Å². The molecule has 0 unspecified atom stereocenters. The maximum Gasteiger partial charge on any atom is 0.262 e. The number of nitrogens with one attached hydrogen (secondary N) is 1. The molecule has 0 radical (unpaired) electrons. The Bertz CT molecular complexity index is 984. The average Bonchev–Trinajstić information content (AvgIpc) is 2.55. The number of benzene rings is 3. The summed E-state index contributed by atoms with van der Waals surface area (Å²) in [5, 5.41) is 2.13. The molecule has 0 heterocycles. The second-order valence-corrected chi connectivity index (χ2v) is 7.72. The summed E-state index contributed by atoms with van der Waals surface area (Å²) in [6, 6.07) is 17.5. The highest BCUT2D eigenvalue weighted by Gasteiger charge is 2.18. The molecule has 3 aromatic carbocycles. The topological polar surface area (TPSA) is 49.4 Å². The summed E-state index contributed by atoms with van der Waals surface area (Å²) in [5.74, 6) is 0. The van der Waals surface area contributed by atoms with Gasteiger partial charge >= 0.3 is 0 Å². The second kappa shape index (κ2) is 6.34. The third-order valence-corrected chi connectivity index (χ3v) is 5.42. The largest absolute Gasteiger partial charge is 0.377 e. The standard InChI is InChI=1S/C18H17ClN2O2S/c1-21(2)17-7-3-6-16-15(17)5-4-8-18(16)24(22,23)20-14-11-9-13(19)10-12-14/h3-12,20H,1-2H3. The zero-order valence-electron chi connectivity index (χ0n) is 13.3. The number of fused-ring (bicyclic) bond motifs is 1. The summed E-state index contributed by atoms with van der Waals surface area (Å²) < 4.78 is 28.3. The van der Waals surface area contributed by atoms with E-state index in [9.17, 15) is 8.42 Å². The maximum atomic E-state index is 12.8. The first-order valence-corrected chi connectivity index (χ1v) is 9.22. The lowest BCUT2D eigenvalue weighted by molar-refractivity contribution is 0.602. The molecule has 4 nitrogen and oxygen atoms in total. The van der Waals surface area contributed by atoms with Gasteiger partial charge in [-0.15, -0.1) is 0 Å². The highest BCUT2D eigenvalue weighted by Crippen LogP contribution is 2.31. The fourth-order valence-electron chi connectivity index (χ4n) is 2.62. The Morgan fingerprint density at radius 3 is 2.17 bits per heavy atom. The van der Waals surface area contributed by atoms with E-state index in [2.05, 4.69) is 4.72 Å². The highest BCUT2D eigenvalue weighted by atomic mass is 35.5. The summed E-state index contributed by atoms with van der Waals surface area (Å²) >= 11 is 5.84. The molecule has 0 saturated heterocycles. The van der Waals surface area contributed by atoms with Crippen LogP contribution in [0.4, 0.5) is 11.4 Å². The molecule has 6 heteroatoms. The van der Waals surface area contributed by atoms with E-state index in [1.165, 1.54) is 0 Å². The number of anilines is 2. The zero-order chi connectivity index (χ0) is 17.3. The summed E-state index contributed by atoms with van der Waals surface area (Å²) in [6.45, 7) is 0. The summed E-state index contributed by atoms with van der Waals surface area (Å²) in [6.07, 6.45) is 0. The van der Waals surface area contributed by atoms with Crippen molar-refractivity contribution in [2.24, 2.45) is 0 Å². The predicted octanol–water partition coefficient (Wildman–Crippen LogP) is 4.36. The van der Waals surface area contributed by atoms with Gasteiger partial charge in [0.15, 0.2) is 0 Å². The van der Waals surface area contributed by atoms with Gasteiger partial charge in [0.2, 0.25) is 0 Å². The molecular weight excluding hydrogens is 344 g/mol. The Labute approximate surface area is 146 Å². The van der Waals surface area contributed by atoms with Crippen LogP contribution in [0.1, 0.15) is 0 Å². The van der Waals surface area contributed by atoms with Crippen molar-refractivity contribution in [3.63, 3.8) is 0 Å². The maximum absolute atomic E-state index is 12.8. The Kier molecular flexibility index (Phi) is 4.39. The third-order valence-electron chi connectivity index (χ3n) is 3.73. The molecule has 0 aliphatic carbocycles. The van der Waals surface area contributed by atoms with Crippen LogP contribution in [0, 0.1) is 0 Å². The van der Waals surface area contributed by atoms with Crippen LogP contribution in [0.5, 0.6) is 0 Å². The van der Waals surface area contributed by atoms with Gasteiger partial charge in [0.25, 0.3) is 10.0 Å². The minimum Gasteiger partial charge on any atom is -0.377 e. The van der Waals surface area contributed by atoms with Gasteiger partial charge in [0.05, 0.1) is 4.90 Å². The van der Waals surface area contributed by atoms with Crippen molar-refractivity contribution in [3.05, 3.63) is 65.7 Å². The molecule has 0 amide bonds. The molecule has 124 valence electrons. The lowest BCUT2D eigenvalue weighted by Crippen LogP contribution is -2.14. The first-order valence-electron chi connectivity index (χ1n) is 7.36. The lowest BCUT2D eigenvalue weighted by Gasteiger charge is -2.17. The van der Waals surface area contributed by atoms with Crippen LogP contribution in [0.25, 0.3) is 10.8 Å². The lowest BCUT2D eigenvalue weighted by atomic mass is 10.1. The molecule has 0 aliphatic heterocycles. The number of halogens is 1. The highest BCUT2D eigenvalue weighted by molar-refractivity contribution is 7.93. The Morgan fingerprint density at radius 1 is 0.875 bits per heavy atom. The number of hydrogen-bond acceptors (Lipinski definition) is 3. The molecule has 3 rings (SSSR count). The van der Waals surface area contributed by atoms with Gasteiger partial charge in [-0.3, -0.25) is 4.72 Å². The molecule has 0 aromatic heterocycles. The molecule has 0 spiro atoms. The molecule has 1 N–H and O–H groups in total. The molecule has 0 saturated carbocycles. The van der Waals surface area contributed by atoms with E-state index < -0.39 is 10.0 Å². The first kappa shape index (κ1) is 16.6. The van der Waals surface area contributed by atoms with Crippen molar-refractivity contribution in [1.82, 2.24) is 0 Å². The van der Waals surface area contributed by atoms with E-state index in [0.717, 1.165) is 11.1 Å². The van der Waals surface area contributed by atoms with Crippen LogP contribution in [0.15, 0.2) is 65.6 Å². The fraction of sp³-hybridized carbons (Fsp3) is 0.111. The first-order chi connectivity index (χ1) is 11.4. The third kappa shape index (κ3) is 3.18. The number of hydrogen-bond donors (Lipinski definition) is 1. The minimum absolute atomic E-state index is 0.249. The van der Waals surface area contributed by atoms with E-state index in [4.69, 9.17) is 11.6 Å². The van der Waals surface area contributed by atoms with E-state index in [1.807, 2.05) is 43.3 Å². The summed E-state index contributed by atoms with van der Waals surface area (Å²) in [4.78, 5) is 2.21. The van der Waals surface area contributed by atoms with Crippen molar-refractivity contribution in [2.45, 2.75) is 4.90 Å². The van der Waals surface area contributed by atoms with E-state index in [1.54, 1.807) is 36.4 Å². The molecule has 0 aliphatic rings. The normalized spacial score (nSPS) is 11.5. The van der Waals surface area contributed by atoms with Crippen LogP contribution in [0.3, 0.4) is 0 Å². The van der Waals surface area contributed by atoms with Crippen LogP contribution < -0.4 is 9.62 Å². The molecule has 0 atom stereocenters. The van der Waals surface area contributed by atoms with Crippen molar-refractivity contribution >= 4 is 43.8 Å². The molecular formula is C18H17ClN2O2S. The monoisotopic (exact) mass is 360 g/mol. The van der Waals surface area contributed by atoms with Gasteiger partial charge < -0.3 is 4.90 Å².